The van der Waals surface area contributed by atoms with Gasteiger partial charge in [-0.3, -0.25) is 9.59 Å². The van der Waals surface area contributed by atoms with E-state index in [-0.39, 0.29) is 29.4 Å². The van der Waals surface area contributed by atoms with E-state index < -0.39 is 6.04 Å². The van der Waals surface area contributed by atoms with Crippen LogP contribution in [-0.4, -0.2) is 22.8 Å². The number of hydrogen-bond donors (Lipinski definition) is 2. The molecule has 3 rings (SSSR count). The van der Waals surface area contributed by atoms with Crippen molar-refractivity contribution in [3.05, 3.63) is 88.6 Å². The molecule has 2 aromatic carbocycles. The standard InChI is InChI=1S/C22H22ClN3O3/c1-14(2)24-21(28)19-13-29-22(26-19)18(12-15-8-4-3-5-9-15)25-20(27)16-10-6-7-11-17(16)23/h3-11,13-14,18H,12H2,1-2H3,(H,24,28)(H,25,27)/t18-/m1/s1. The summed E-state index contributed by atoms with van der Waals surface area (Å²) < 4.78 is 5.55. The molecule has 6 nitrogen and oxygen atoms in total. The second-order valence-electron chi connectivity index (χ2n) is 6.89. The zero-order chi connectivity index (χ0) is 20.8. The molecule has 150 valence electrons. The van der Waals surface area contributed by atoms with E-state index in [1.165, 1.54) is 6.26 Å². The molecule has 0 saturated carbocycles. The average molecular weight is 412 g/mol. The van der Waals surface area contributed by atoms with E-state index in [9.17, 15) is 9.59 Å². The van der Waals surface area contributed by atoms with Gasteiger partial charge in [0.1, 0.15) is 12.3 Å². The monoisotopic (exact) mass is 411 g/mol. The summed E-state index contributed by atoms with van der Waals surface area (Å²) in [5, 5.41) is 6.04. The Bertz CT molecular complexity index is 986. The van der Waals surface area contributed by atoms with E-state index in [0.29, 0.717) is 17.0 Å². The van der Waals surface area contributed by atoms with Crippen molar-refractivity contribution in [2.45, 2.75) is 32.4 Å². The van der Waals surface area contributed by atoms with Gasteiger partial charge in [-0.1, -0.05) is 54.1 Å². The lowest BCUT2D eigenvalue weighted by Gasteiger charge is -2.16. The topological polar surface area (TPSA) is 84.2 Å². The number of nitrogens with zero attached hydrogens (tertiary/aromatic N) is 1. The largest absolute Gasteiger partial charge is 0.446 e. The first-order chi connectivity index (χ1) is 13.9. The molecular weight excluding hydrogens is 390 g/mol. The number of oxazole rings is 1. The van der Waals surface area contributed by atoms with E-state index >= 15 is 0 Å². The molecule has 0 saturated heterocycles. The van der Waals surface area contributed by atoms with Crippen LogP contribution in [0, 0.1) is 0 Å². The van der Waals surface area contributed by atoms with Crippen LogP contribution in [0.25, 0.3) is 0 Å². The molecule has 0 bridgehead atoms. The molecule has 0 aliphatic carbocycles. The summed E-state index contributed by atoms with van der Waals surface area (Å²) in [5.41, 5.74) is 1.51. The molecular formula is C22H22ClN3O3. The number of benzene rings is 2. The van der Waals surface area contributed by atoms with Gasteiger partial charge in [-0.2, -0.15) is 0 Å². The average Bonchev–Trinajstić information content (AvgIpc) is 3.18. The number of hydrogen-bond acceptors (Lipinski definition) is 4. The summed E-state index contributed by atoms with van der Waals surface area (Å²) in [5.74, 6) is -0.419. The Morgan fingerprint density at radius 3 is 2.38 bits per heavy atom. The van der Waals surface area contributed by atoms with Crippen molar-refractivity contribution in [1.29, 1.82) is 0 Å². The number of carbonyl (C=O) groups is 2. The van der Waals surface area contributed by atoms with Gasteiger partial charge >= 0.3 is 0 Å². The maximum Gasteiger partial charge on any atom is 0.273 e. The SMILES string of the molecule is CC(C)NC(=O)c1coc([C@@H](Cc2ccccc2)NC(=O)c2ccccc2Cl)n1. The molecule has 3 aromatic rings. The Balaban J connectivity index is 1.85. The van der Waals surface area contributed by atoms with Gasteiger partial charge in [0, 0.05) is 12.5 Å². The number of carbonyl (C=O) groups excluding carboxylic acids is 2. The van der Waals surface area contributed by atoms with Crippen LogP contribution in [-0.2, 0) is 6.42 Å². The molecule has 7 heteroatoms. The van der Waals surface area contributed by atoms with Gasteiger partial charge in [0.2, 0.25) is 5.89 Å². The fourth-order valence-electron chi connectivity index (χ4n) is 2.82. The van der Waals surface area contributed by atoms with Crippen LogP contribution in [0.4, 0.5) is 0 Å². The third-order valence-electron chi connectivity index (χ3n) is 4.18. The fourth-order valence-corrected chi connectivity index (χ4v) is 3.04. The van der Waals surface area contributed by atoms with Crippen molar-refractivity contribution < 1.29 is 14.0 Å². The Morgan fingerprint density at radius 1 is 1.00 bits per heavy atom. The molecule has 1 aromatic heterocycles. The predicted molar refractivity (Wildman–Crippen MR) is 111 cm³/mol. The fraction of sp³-hybridized carbons (Fsp3) is 0.227. The molecule has 0 aliphatic rings. The quantitative estimate of drug-likeness (QED) is 0.610. The maximum atomic E-state index is 12.8. The molecule has 0 radical (unpaired) electrons. The van der Waals surface area contributed by atoms with E-state index in [1.807, 2.05) is 44.2 Å². The third-order valence-corrected chi connectivity index (χ3v) is 4.51. The first-order valence-electron chi connectivity index (χ1n) is 9.29. The third kappa shape index (κ3) is 5.45. The lowest BCUT2D eigenvalue weighted by Crippen LogP contribution is -2.31. The number of nitrogens with one attached hydrogen (secondary N) is 2. The number of aromatic nitrogens is 1. The second-order valence-corrected chi connectivity index (χ2v) is 7.30. The van der Waals surface area contributed by atoms with Crippen LogP contribution in [0.1, 0.15) is 52.2 Å². The summed E-state index contributed by atoms with van der Waals surface area (Å²) in [7, 11) is 0. The molecule has 29 heavy (non-hydrogen) atoms. The minimum Gasteiger partial charge on any atom is -0.446 e. The van der Waals surface area contributed by atoms with Crippen LogP contribution in [0.15, 0.2) is 65.3 Å². The van der Waals surface area contributed by atoms with Crippen LogP contribution >= 0.6 is 11.6 Å². The highest BCUT2D eigenvalue weighted by Crippen LogP contribution is 2.21. The van der Waals surface area contributed by atoms with Crippen molar-refractivity contribution >= 4 is 23.4 Å². The predicted octanol–water partition coefficient (Wildman–Crippen LogP) is 4.18. The molecule has 0 unspecified atom stereocenters. The van der Waals surface area contributed by atoms with Gasteiger partial charge < -0.3 is 15.1 Å². The Hall–Kier alpha value is -3.12. The van der Waals surface area contributed by atoms with Crippen LogP contribution in [0.2, 0.25) is 5.02 Å². The molecule has 1 atom stereocenters. The smallest absolute Gasteiger partial charge is 0.273 e. The van der Waals surface area contributed by atoms with E-state index in [4.69, 9.17) is 16.0 Å². The number of amides is 2. The van der Waals surface area contributed by atoms with Gasteiger partial charge in [-0.15, -0.1) is 0 Å². The molecule has 0 fully saturated rings. The summed E-state index contributed by atoms with van der Waals surface area (Å²) in [6.45, 7) is 3.72. The molecule has 0 spiro atoms. The normalized spacial score (nSPS) is 11.9. The highest BCUT2D eigenvalue weighted by atomic mass is 35.5. The molecule has 2 amide bonds. The van der Waals surface area contributed by atoms with Crippen molar-refractivity contribution in [2.75, 3.05) is 0 Å². The molecule has 0 aliphatic heterocycles. The van der Waals surface area contributed by atoms with Gasteiger partial charge in [0.15, 0.2) is 5.69 Å². The van der Waals surface area contributed by atoms with Gasteiger partial charge in [-0.05, 0) is 31.5 Å². The van der Waals surface area contributed by atoms with Crippen LogP contribution in [0.5, 0.6) is 0 Å². The second kappa shape index (κ2) is 9.39. The first-order valence-corrected chi connectivity index (χ1v) is 9.67. The molecule has 1 heterocycles. The van der Waals surface area contributed by atoms with Crippen LogP contribution < -0.4 is 10.6 Å². The van der Waals surface area contributed by atoms with Crippen molar-refractivity contribution in [3.63, 3.8) is 0 Å². The van der Waals surface area contributed by atoms with Crippen molar-refractivity contribution in [2.24, 2.45) is 0 Å². The van der Waals surface area contributed by atoms with E-state index in [0.717, 1.165) is 5.56 Å². The lowest BCUT2D eigenvalue weighted by molar-refractivity contribution is 0.0927. The van der Waals surface area contributed by atoms with E-state index in [2.05, 4.69) is 15.6 Å². The van der Waals surface area contributed by atoms with Gasteiger partial charge in [0.25, 0.3) is 11.8 Å². The lowest BCUT2D eigenvalue weighted by atomic mass is 10.1. The number of halogens is 1. The zero-order valence-corrected chi connectivity index (χ0v) is 16.9. The summed E-state index contributed by atoms with van der Waals surface area (Å²) >= 11 is 6.15. The van der Waals surface area contributed by atoms with Crippen molar-refractivity contribution in [3.8, 4) is 0 Å². The minimum atomic E-state index is -0.568. The van der Waals surface area contributed by atoms with E-state index in [1.54, 1.807) is 24.3 Å². The first kappa shape index (κ1) is 20.6. The summed E-state index contributed by atoms with van der Waals surface area (Å²) in [6, 6.07) is 15.9. The highest BCUT2D eigenvalue weighted by molar-refractivity contribution is 6.33. The molecule has 2 N–H and O–H groups in total. The Morgan fingerprint density at radius 2 is 1.69 bits per heavy atom. The van der Waals surface area contributed by atoms with Crippen molar-refractivity contribution in [1.82, 2.24) is 15.6 Å². The number of rotatable bonds is 7. The summed E-state index contributed by atoms with van der Waals surface area (Å²) in [6.07, 6.45) is 1.75. The summed E-state index contributed by atoms with van der Waals surface area (Å²) in [4.78, 5) is 29.3. The zero-order valence-electron chi connectivity index (χ0n) is 16.2. The van der Waals surface area contributed by atoms with Gasteiger partial charge in [0.05, 0.1) is 10.6 Å². The van der Waals surface area contributed by atoms with Gasteiger partial charge in [-0.25, -0.2) is 4.98 Å². The maximum absolute atomic E-state index is 12.8. The highest BCUT2D eigenvalue weighted by Gasteiger charge is 2.24. The van der Waals surface area contributed by atoms with Crippen LogP contribution in [0.3, 0.4) is 0 Å². The minimum absolute atomic E-state index is 0.0253. The Labute approximate surface area is 174 Å². The Kier molecular flexibility index (Phi) is 6.67.